The molecule has 1 aromatic heterocycles. The normalized spacial score (nSPS) is 18.8. The average Bonchev–Trinajstić information content (AvgIpc) is 3.07. The monoisotopic (exact) mass is 342 g/mol. The molecule has 1 aliphatic rings. The average molecular weight is 342 g/mol. The van der Waals surface area contributed by atoms with Gasteiger partial charge in [0.25, 0.3) is 0 Å². The molecule has 4 heteroatoms. The second kappa shape index (κ2) is 6.68. The highest BCUT2D eigenvalue weighted by molar-refractivity contribution is 5.56. The zero-order valence-corrected chi connectivity index (χ0v) is 14.9. The minimum atomic E-state index is -0.483. The fourth-order valence-electron chi connectivity index (χ4n) is 3.87. The number of nitrogens with zero attached hydrogens (tertiary/aromatic N) is 3. The van der Waals surface area contributed by atoms with E-state index in [9.17, 15) is 5.26 Å². The van der Waals surface area contributed by atoms with Crippen LogP contribution >= 0.6 is 0 Å². The first-order valence-electron chi connectivity index (χ1n) is 9.14. The molecule has 1 atom stereocenters. The fourth-order valence-corrected chi connectivity index (χ4v) is 3.87. The lowest BCUT2D eigenvalue weighted by Gasteiger charge is -2.31. The number of aryl methyl sites for hydroxylation is 1. The van der Waals surface area contributed by atoms with Crippen LogP contribution in [0.15, 0.2) is 60.7 Å². The summed E-state index contributed by atoms with van der Waals surface area (Å²) in [6.45, 7) is 2.90. The Balaban J connectivity index is 1.82. The van der Waals surface area contributed by atoms with Crippen LogP contribution in [0.2, 0.25) is 0 Å². The van der Waals surface area contributed by atoms with E-state index in [4.69, 9.17) is 5.10 Å². The van der Waals surface area contributed by atoms with E-state index in [0.717, 1.165) is 42.1 Å². The van der Waals surface area contributed by atoms with Gasteiger partial charge in [0.1, 0.15) is 5.82 Å². The lowest BCUT2D eigenvalue weighted by atomic mass is 9.70. The maximum atomic E-state index is 10.1. The van der Waals surface area contributed by atoms with E-state index in [-0.39, 0.29) is 0 Å². The van der Waals surface area contributed by atoms with E-state index < -0.39 is 5.41 Å². The van der Waals surface area contributed by atoms with Crippen LogP contribution in [0, 0.1) is 11.3 Å². The minimum absolute atomic E-state index is 0.483. The molecule has 0 saturated heterocycles. The number of nitriles is 1. The van der Waals surface area contributed by atoms with Crippen LogP contribution in [0.4, 0.5) is 5.82 Å². The van der Waals surface area contributed by atoms with Crippen LogP contribution < -0.4 is 5.32 Å². The maximum absolute atomic E-state index is 10.1. The Morgan fingerprint density at radius 3 is 2.46 bits per heavy atom. The number of fused-ring (bicyclic) bond motifs is 1. The number of rotatable bonds is 4. The largest absolute Gasteiger partial charge is 0.370 e. The highest BCUT2D eigenvalue weighted by atomic mass is 15.3. The molecule has 2 aromatic carbocycles. The van der Waals surface area contributed by atoms with Crippen molar-refractivity contribution in [3.8, 4) is 11.8 Å². The zero-order chi connectivity index (χ0) is 18.0. The minimum Gasteiger partial charge on any atom is -0.370 e. The Hall–Kier alpha value is -3.06. The van der Waals surface area contributed by atoms with Crippen molar-refractivity contribution in [1.82, 2.24) is 9.78 Å². The molecule has 0 spiro atoms. The second-order valence-corrected chi connectivity index (χ2v) is 6.79. The fraction of sp³-hybridized carbons (Fsp3) is 0.273. The highest BCUT2D eigenvalue weighted by Crippen LogP contribution is 2.41. The topological polar surface area (TPSA) is 53.6 Å². The summed E-state index contributed by atoms with van der Waals surface area (Å²) in [5.74, 6) is 1.02. The standard InChI is InChI=1S/C22H22N4/c1-2-24-21-19-15-22(16-23,17-9-5-3-6-10-17)14-13-20(19)25-26(21)18-11-7-4-8-12-18/h3-12,24H,2,13-15H2,1H3. The van der Waals surface area contributed by atoms with Gasteiger partial charge in [-0.1, -0.05) is 48.5 Å². The Morgan fingerprint density at radius 2 is 1.81 bits per heavy atom. The number of aromatic nitrogens is 2. The molecule has 0 fully saturated rings. The van der Waals surface area contributed by atoms with Gasteiger partial charge in [-0.3, -0.25) is 0 Å². The molecule has 0 radical (unpaired) electrons. The van der Waals surface area contributed by atoms with Crippen molar-refractivity contribution in [2.45, 2.75) is 31.6 Å². The molecular formula is C22H22N4. The summed E-state index contributed by atoms with van der Waals surface area (Å²) < 4.78 is 1.99. The Labute approximate surface area is 154 Å². The van der Waals surface area contributed by atoms with E-state index >= 15 is 0 Å². The molecule has 3 aromatic rings. The summed E-state index contributed by atoms with van der Waals surface area (Å²) in [5, 5.41) is 18.4. The molecule has 4 nitrogen and oxygen atoms in total. The van der Waals surface area contributed by atoms with Gasteiger partial charge in [0.15, 0.2) is 0 Å². The van der Waals surface area contributed by atoms with Crippen molar-refractivity contribution in [3.63, 3.8) is 0 Å². The van der Waals surface area contributed by atoms with Gasteiger partial charge in [-0.05, 0) is 37.5 Å². The number of anilines is 1. The van der Waals surface area contributed by atoms with E-state index in [1.54, 1.807) is 0 Å². The summed E-state index contributed by atoms with van der Waals surface area (Å²) in [6.07, 6.45) is 2.31. The number of benzene rings is 2. The van der Waals surface area contributed by atoms with E-state index in [1.807, 2.05) is 41.1 Å². The lowest BCUT2D eigenvalue weighted by molar-refractivity contribution is 0.470. The van der Waals surface area contributed by atoms with Crippen LogP contribution in [-0.2, 0) is 18.3 Å². The predicted molar refractivity (Wildman–Crippen MR) is 103 cm³/mol. The number of para-hydroxylation sites is 1. The first kappa shape index (κ1) is 16.4. The van der Waals surface area contributed by atoms with Crippen LogP contribution in [0.5, 0.6) is 0 Å². The van der Waals surface area contributed by atoms with Crippen molar-refractivity contribution >= 4 is 5.82 Å². The zero-order valence-electron chi connectivity index (χ0n) is 14.9. The van der Waals surface area contributed by atoms with Crippen LogP contribution in [0.25, 0.3) is 5.69 Å². The van der Waals surface area contributed by atoms with Crippen molar-refractivity contribution in [3.05, 3.63) is 77.5 Å². The molecule has 130 valence electrons. The van der Waals surface area contributed by atoms with Gasteiger partial charge >= 0.3 is 0 Å². The molecule has 0 saturated carbocycles. The molecule has 4 rings (SSSR count). The van der Waals surface area contributed by atoms with E-state index in [1.165, 1.54) is 5.56 Å². The first-order chi connectivity index (χ1) is 12.8. The molecule has 1 aliphatic carbocycles. The third kappa shape index (κ3) is 2.66. The van der Waals surface area contributed by atoms with E-state index in [0.29, 0.717) is 6.42 Å². The van der Waals surface area contributed by atoms with Gasteiger partial charge in [-0.15, -0.1) is 0 Å². The molecule has 0 bridgehead atoms. The van der Waals surface area contributed by atoms with Gasteiger partial charge in [-0.25, -0.2) is 4.68 Å². The second-order valence-electron chi connectivity index (χ2n) is 6.79. The maximum Gasteiger partial charge on any atom is 0.133 e. The van der Waals surface area contributed by atoms with Gasteiger partial charge in [0.2, 0.25) is 0 Å². The quantitative estimate of drug-likeness (QED) is 0.771. The molecule has 0 amide bonds. The third-order valence-corrected chi connectivity index (χ3v) is 5.22. The summed E-state index contributed by atoms with van der Waals surface area (Å²) >= 11 is 0. The SMILES string of the molecule is CCNc1c2c(nn1-c1ccccc1)CCC(C#N)(c1ccccc1)C2. The van der Waals surface area contributed by atoms with Crippen molar-refractivity contribution in [2.24, 2.45) is 0 Å². The Kier molecular flexibility index (Phi) is 4.22. The van der Waals surface area contributed by atoms with Crippen molar-refractivity contribution in [1.29, 1.82) is 5.26 Å². The Bertz CT molecular complexity index is 938. The van der Waals surface area contributed by atoms with Crippen LogP contribution in [0.3, 0.4) is 0 Å². The molecule has 26 heavy (non-hydrogen) atoms. The van der Waals surface area contributed by atoms with Crippen LogP contribution in [0.1, 0.15) is 30.2 Å². The molecular weight excluding hydrogens is 320 g/mol. The summed E-state index contributed by atoms with van der Waals surface area (Å²) in [4.78, 5) is 0. The number of nitrogens with one attached hydrogen (secondary N) is 1. The molecule has 0 aliphatic heterocycles. The summed E-state index contributed by atoms with van der Waals surface area (Å²) in [5.41, 5.74) is 3.94. The van der Waals surface area contributed by atoms with Gasteiger partial charge < -0.3 is 5.32 Å². The molecule has 1 N–H and O–H groups in total. The van der Waals surface area contributed by atoms with Gasteiger partial charge in [0, 0.05) is 18.5 Å². The predicted octanol–water partition coefficient (Wildman–Crippen LogP) is 4.25. The molecule has 1 unspecified atom stereocenters. The van der Waals surface area contributed by atoms with Gasteiger partial charge in [-0.2, -0.15) is 10.4 Å². The van der Waals surface area contributed by atoms with Crippen molar-refractivity contribution in [2.75, 3.05) is 11.9 Å². The third-order valence-electron chi connectivity index (χ3n) is 5.22. The lowest BCUT2D eigenvalue weighted by Crippen LogP contribution is -2.32. The Morgan fingerprint density at radius 1 is 1.12 bits per heavy atom. The molecule has 1 heterocycles. The first-order valence-corrected chi connectivity index (χ1v) is 9.14. The smallest absolute Gasteiger partial charge is 0.133 e. The van der Waals surface area contributed by atoms with Crippen LogP contribution in [-0.4, -0.2) is 16.3 Å². The van der Waals surface area contributed by atoms with Crippen molar-refractivity contribution < 1.29 is 0 Å². The summed E-state index contributed by atoms with van der Waals surface area (Å²) in [7, 11) is 0. The number of hydrogen-bond donors (Lipinski definition) is 1. The number of hydrogen-bond acceptors (Lipinski definition) is 3. The van der Waals surface area contributed by atoms with Gasteiger partial charge in [0.05, 0.1) is 22.9 Å². The highest BCUT2D eigenvalue weighted by Gasteiger charge is 2.39. The summed E-state index contributed by atoms with van der Waals surface area (Å²) in [6, 6.07) is 23.0. The van der Waals surface area contributed by atoms with E-state index in [2.05, 4.69) is 42.6 Å².